The number of carbonyl (C=O) groups excluding carboxylic acids is 1. The quantitative estimate of drug-likeness (QED) is 0.767. The Balaban J connectivity index is 1.42. The van der Waals surface area contributed by atoms with Crippen molar-refractivity contribution in [3.63, 3.8) is 0 Å². The van der Waals surface area contributed by atoms with Gasteiger partial charge in [0, 0.05) is 23.1 Å². The van der Waals surface area contributed by atoms with Crippen LogP contribution >= 0.6 is 23.4 Å². The largest absolute Gasteiger partial charge is 0.492 e. The van der Waals surface area contributed by atoms with Gasteiger partial charge in [-0.05, 0) is 41.8 Å². The summed E-state index contributed by atoms with van der Waals surface area (Å²) in [5, 5.41) is 12.7. The topological polar surface area (TPSA) is 62.1 Å². The lowest BCUT2D eigenvalue weighted by atomic mass is 9.96. The number of amides is 1. The number of ether oxygens (including phenoxy) is 1. The van der Waals surface area contributed by atoms with Crippen molar-refractivity contribution in [2.24, 2.45) is 5.92 Å². The van der Waals surface area contributed by atoms with E-state index in [4.69, 9.17) is 21.6 Å². The van der Waals surface area contributed by atoms with Gasteiger partial charge in [-0.1, -0.05) is 29.8 Å². The number of nitriles is 1. The van der Waals surface area contributed by atoms with Gasteiger partial charge in [0.15, 0.2) is 0 Å². The molecule has 3 rings (SSSR count). The molecule has 0 radical (unpaired) electrons. The maximum atomic E-state index is 12.3. The molecule has 1 aliphatic rings. The van der Waals surface area contributed by atoms with Gasteiger partial charge in [0.25, 0.3) is 0 Å². The molecule has 1 aliphatic heterocycles. The monoisotopic (exact) mass is 386 g/mol. The summed E-state index contributed by atoms with van der Waals surface area (Å²) in [7, 11) is 0. The molecule has 0 fully saturated rings. The summed E-state index contributed by atoms with van der Waals surface area (Å²) in [5.41, 5.74) is 2.72. The number of hydrogen-bond donors (Lipinski definition) is 1. The number of fused-ring (bicyclic) bond motifs is 1. The number of nitrogens with zero attached hydrogens (tertiary/aromatic N) is 1. The Morgan fingerprint density at radius 2 is 2.19 bits per heavy atom. The van der Waals surface area contributed by atoms with Crippen LogP contribution in [0.2, 0.25) is 5.02 Å². The molecule has 0 bridgehead atoms. The first-order valence-electron chi connectivity index (χ1n) is 8.42. The third kappa shape index (κ3) is 4.72. The molecule has 0 saturated heterocycles. The van der Waals surface area contributed by atoms with Gasteiger partial charge >= 0.3 is 0 Å². The van der Waals surface area contributed by atoms with E-state index in [0.29, 0.717) is 30.2 Å². The van der Waals surface area contributed by atoms with E-state index < -0.39 is 0 Å². The molecule has 26 heavy (non-hydrogen) atoms. The van der Waals surface area contributed by atoms with E-state index in [0.717, 1.165) is 28.4 Å². The molecular weight excluding hydrogens is 368 g/mol. The summed E-state index contributed by atoms with van der Waals surface area (Å²) >= 11 is 7.72. The summed E-state index contributed by atoms with van der Waals surface area (Å²) < 4.78 is 5.67. The van der Waals surface area contributed by atoms with Crippen LogP contribution < -0.4 is 10.1 Å². The van der Waals surface area contributed by atoms with Crippen molar-refractivity contribution >= 4 is 29.3 Å². The molecule has 1 unspecified atom stereocenters. The maximum absolute atomic E-state index is 12.3. The van der Waals surface area contributed by atoms with Gasteiger partial charge in [0.05, 0.1) is 17.6 Å². The van der Waals surface area contributed by atoms with Crippen molar-refractivity contribution in [2.45, 2.75) is 12.2 Å². The predicted octanol–water partition coefficient (Wildman–Crippen LogP) is 3.81. The molecule has 6 heteroatoms. The van der Waals surface area contributed by atoms with Crippen LogP contribution in [-0.4, -0.2) is 24.8 Å². The Morgan fingerprint density at radius 1 is 1.35 bits per heavy atom. The molecule has 2 aromatic carbocycles. The summed E-state index contributed by atoms with van der Waals surface area (Å²) in [6, 6.07) is 15.3. The van der Waals surface area contributed by atoms with Crippen molar-refractivity contribution in [3.8, 4) is 11.8 Å². The van der Waals surface area contributed by atoms with E-state index in [1.165, 1.54) is 0 Å². The van der Waals surface area contributed by atoms with Crippen LogP contribution in [0.1, 0.15) is 16.7 Å². The van der Waals surface area contributed by atoms with Gasteiger partial charge < -0.3 is 10.1 Å². The zero-order chi connectivity index (χ0) is 18.4. The fraction of sp³-hybridized carbons (Fsp3) is 0.300. The second kappa shape index (κ2) is 8.98. The summed E-state index contributed by atoms with van der Waals surface area (Å²) in [6.45, 7) is 0.986. The molecule has 1 heterocycles. The van der Waals surface area contributed by atoms with E-state index >= 15 is 0 Å². The first-order chi connectivity index (χ1) is 12.7. The van der Waals surface area contributed by atoms with E-state index in [-0.39, 0.29) is 11.8 Å². The maximum Gasteiger partial charge on any atom is 0.226 e. The molecule has 134 valence electrons. The van der Waals surface area contributed by atoms with Crippen molar-refractivity contribution in [1.29, 1.82) is 5.26 Å². The number of thioether (sulfide) groups is 1. The predicted molar refractivity (Wildman–Crippen MR) is 104 cm³/mol. The third-order valence-electron chi connectivity index (χ3n) is 4.24. The van der Waals surface area contributed by atoms with Gasteiger partial charge in [0.2, 0.25) is 5.91 Å². The van der Waals surface area contributed by atoms with Crippen LogP contribution in [0.5, 0.6) is 5.75 Å². The Hall–Kier alpha value is -2.16. The van der Waals surface area contributed by atoms with Gasteiger partial charge in [-0.3, -0.25) is 4.79 Å². The number of carbonyl (C=O) groups is 1. The Bertz CT molecular complexity index is 835. The van der Waals surface area contributed by atoms with Gasteiger partial charge in [-0.15, -0.1) is 0 Å². The van der Waals surface area contributed by atoms with Crippen LogP contribution in [-0.2, 0) is 17.0 Å². The van der Waals surface area contributed by atoms with Gasteiger partial charge in [-0.25, -0.2) is 0 Å². The number of hydrogen-bond acceptors (Lipinski definition) is 4. The van der Waals surface area contributed by atoms with Crippen LogP contribution in [0.15, 0.2) is 42.5 Å². The minimum absolute atomic E-state index is 0.00801. The lowest BCUT2D eigenvalue weighted by molar-refractivity contribution is -0.126. The molecule has 0 aromatic heterocycles. The fourth-order valence-electron chi connectivity index (χ4n) is 2.86. The first kappa shape index (κ1) is 18.6. The number of rotatable bonds is 6. The normalized spacial score (nSPS) is 15.5. The van der Waals surface area contributed by atoms with Gasteiger partial charge in [-0.2, -0.15) is 17.0 Å². The number of benzene rings is 2. The van der Waals surface area contributed by atoms with Crippen LogP contribution in [0, 0.1) is 17.2 Å². The molecule has 0 aliphatic carbocycles. The highest BCUT2D eigenvalue weighted by Gasteiger charge is 2.25. The SMILES string of the molecule is N#Cc1ccccc1CSCCNC(=O)C1COc2ccc(Cl)cc2C1. The van der Waals surface area contributed by atoms with Crippen LogP contribution in [0.25, 0.3) is 0 Å². The zero-order valence-corrected chi connectivity index (χ0v) is 15.8. The molecule has 0 saturated carbocycles. The summed E-state index contributed by atoms with van der Waals surface area (Å²) in [5.74, 6) is 2.18. The summed E-state index contributed by atoms with van der Waals surface area (Å²) in [6.07, 6.45) is 0.643. The Morgan fingerprint density at radius 3 is 3.04 bits per heavy atom. The second-order valence-corrected chi connectivity index (χ2v) is 7.62. The molecular formula is C20H19ClN2O2S. The van der Waals surface area contributed by atoms with E-state index in [9.17, 15) is 4.79 Å². The highest BCUT2D eigenvalue weighted by molar-refractivity contribution is 7.98. The molecule has 1 N–H and O–H groups in total. The van der Waals surface area contributed by atoms with E-state index in [1.807, 2.05) is 36.4 Å². The lowest BCUT2D eigenvalue weighted by Gasteiger charge is -2.24. The standard InChI is InChI=1S/C20H19ClN2O2S/c21-18-5-6-19-16(10-18)9-17(12-25-19)20(24)23-7-8-26-13-15-4-2-1-3-14(15)11-22/h1-6,10,17H,7-9,12-13H2,(H,23,24). The van der Waals surface area contributed by atoms with Crippen LogP contribution in [0.4, 0.5) is 0 Å². The minimum Gasteiger partial charge on any atom is -0.492 e. The van der Waals surface area contributed by atoms with Crippen LogP contribution in [0.3, 0.4) is 0 Å². The van der Waals surface area contributed by atoms with Crippen molar-refractivity contribution < 1.29 is 9.53 Å². The first-order valence-corrected chi connectivity index (χ1v) is 9.95. The molecule has 1 amide bonds. The van der Waals surface area contributed by atoms with Crippen molar-refractivity contribution in [3.05, 3.63) is 64.2 Å². The highest BCUT2D eigenvalue weighted by Crippen LogP contribution is 2.29. The average molecular weight is 387 g/mol. The highest BCUT2D eigenvalue weighted by atomic mass is 35.5. The fourth-order valence-corrected chi connectivity index (χ4v) is 3.92. The summed E-state index contributed by atoms with van der Waals surface area (Å²) in [4.78, 5) is 12.3. The second-order valence-electron chi connectivity index (χ2n) is 6.08. The van der Waals surface area contributed by atoms with Crippen molar-refractivity contribution in [1.82, 2.24) is 5.32 Å². The van der Waals surface area contributed by atoms with E-state index in [1.54, 1.807) is 17.8 Å². The smallest absolute Gasteiger partial charge is 0.226 e. The van der Waals surface area contributed by atoms with E-state index in [2.05, 4.69) is 11.4 Å². The molecule has 0 spiro atoms. The van der Waals surface area contributed by atoms with Gasteiger partial charge in [0.1, 0.15) is 12.4 Å². The number of halogens is 1. The third-order valence-corrected chi connectivity index (χ3v) is 5.48. The molecule has 4 nitrogen and oxygen atoms in total. The van der Waals surface area contributed by atoms with Crippen molar-refractivity contribution in [2.75, 3.05) is 18.9 Å². The average Bonchev–Trinajstić information content (AvgIpc) is 2.67. The molecule has 2 aromatic rings. The Kier molecular flexibility index (Phi) is 6.43. The number of nitrogens with one attached hydrogen (secondary N) is 1. The minimum atomic E-state index is -0.190. The Labute approximate surface area is 162 Å². The lowest BCUT2D eigenvalue weighted by Crippen LogP contribution is -2.38. The molecule has 1 atom stereocenters. The zero-order valence-electron chi connectivity index (χ0n) is 14.2.